The Morgan fingerprint density at radius 1 is 0.452 bits per heavy atom. The molecule has 7 aromatic carbocycles. The fourth-order valence-electron chi connectivity index (χ4n) is 6.14. The summed E-state index contributed by atoms with van der Waals surface area (Å²) in [5.74, 6) is 0. The fraction of sp³-hybridized carbons (Fsp3) is 0.0500. The molecule has 0 N–H and O–H groups in total. The predicted molar refractivity (Wildman–Crippen MR) is 189 cm³/mol. The van der Waals surface area contributed by atoms with Crippen molar-refractivity contribution < 1.29 is 0 Å². The second kappa shape index (κ2) is 11.7. The largest absolute Gasteiger partial charge is 0.0622 e. The third kappa shape index (κ3) is 5.18. The molecule has 0 bridgehead atoms. The third-order valence-electron chi connectivity index (χ3n) is 7.86. The summed E-state index contributed by atoms with van der Waals surface area (Å²) in [6, 6.07) is 56.4. The van der Waals surface area contributed by atoms with Gasteiger partial charge in [0.1, 0.15) is 0 Å². The monoisotopic (exact) mass is 574 g/mol. The van der Waals surface area contributed by atoms with Crippen LogP contribution in [0.3, 0.4) is 0 Å². The van der Waals surface area contributed by atoms with Crippen molar-refractivity contribution in [3.05, 3.63) is 163 Å². The summed E-state index contributed by atoms with van der Waals surface area (Å²) in [5.41, 5.74) is 5.39. The second-order valence-electron chi connectivity index (χ2n) is 10.9. The molecule has 202 valence electrons. The second-order valence-corrected chi connectivity index (χ2v) is 14.4. The van der Waals surface area contributed by atoms with Crippen molar-refractivity contribution in [1.29, 1.82) is 0 Å². The van der Waals surface area contributed by atoms with Crippen molar-refractivity contribution in [2.24, 2.45) is 0 Å². The normalized spacial score (nSPS) is 11.7. The summed E-state index contributed by atoms with van der Waals surface area (Å²) in [5, 5.41) is 12.1. The van der Waals surface area contributed by atoms with E-state index in [1.165, 1.54) is 70.3 Å². The average Bonchev–Trinajstić information content (AvgIpc) is 3.02. The minimum absolute atomic E-state index is 0.558. The van der Waals surface area contributed by atoms with Crippen molar-refractivity contribution >= 4 is 64.6 Å². The van der Waals surface area contributed by atoms with Gasteiger partial charge >= 0.3 is 0 Å². The van der Waals surface area contributed by atoms with Crippen LogP contribution >= 0.6 is 16.5 Å². The number of rotatable bonds is 6. The lowest BCUT2D eigenvalue weighted by atomic mass is 9.93. The predicted octanol–water partition coefficient (Wildman–Crippen LogP) is 8.66. The summed E-state index contributed by atoms with van der Waals surface area (Å²) in [4.78, 5) is 0. The van der Waals surface area contributed by atoms with Crippen LogP contribution in [0.15, 0.2) is 152 Å². The number of aryl methyl sites for hydroxylation is 2. The van der Waals surface area contributed by atoms with E-state index in [1.54, 1.807) is 0 Å². The Morgan fingerprint density at radius 2 is 0.952 bits per heavy atom. The smallest absolute Gasteiger partial charge is 0.000905 e. The van der Waals surface area contributed by atoms with E-state index in [0.717, 1.165) is 0 Å². The van der Waals surface area contributed by atoms with Crippen LogP contribution in [0.25, 0.3) is 32.7 Å². The SMILES string of the molecule is Cc1cc(C)cc(Pc2ccc3ccccc3c2-c2c(P(c3ccccc3)c3ccccc3)ccc3ccccc23)c1. The number of hydrogen-bond donors (Lipinski definition) is 0. The maximum Gasteiger partial charge on any atom is -0.000905 e. The molecule has 7 aromatic rings. The minimum Gasteiger partial charge on any atom is -0.0622 e. The molecule has 0 fully saturated rings. The van der Waals surface area contributed by atoms with Crippen LogP contribution in [0.4, 0.5) is 0 Å². The fourth-order valence-corrected chi connectivity index (χ4v) is 10.1. The van der Waals surface area contributed by atoms with Crippen molar-refractivity contribution in [1.82, 2.24) is 0 Å². The van der Waals surface area contributed by atoms with E-state index in [4.69, 9.17) is 0 Å². The Kier molecular flexibility index (Phi) is 7.44. The standard InChI is InChI=1S/C40H32P2/c1-28-25-29(2)27-32(26-28)41-37-23-21-30-13-9-11-19-35(30)39(37)40-36-20-12-10-14-31(36)22-24-38(40)42(33-15-5-3-6-16-33)34-17-7-4-8-18-34/h3-27,41H,1-2H3. The zero-order valence-corrected chi connectivity index (χ0v) is 25.8. The maximum atomic E-state index is 2.41. The molecule has 0 saturated carbocycles. The van der Waals surface area contributed by atoms with Crippen molar-refractivity contribution in [3.8, 4) is 11.1 Å². The summed E-state index contributed by atoms with van der Waals surface area (Å²) < 4.78 is 0. The van der Waals surface area contributed by atoms with E-state index < -0.39 is 7.92 Å². The third-order valence-corrected chi connectivity index (χ3v) is 11.6. The van der Waals surface area contributed by atoms with Crippen molar-refractivity contribution in [2.75, 3.05) is 0 Å². The highest BCUT2D eigenvalue weighted by molar-refractivity contribution is 7.80. The van der Waals surface area contributed by atoms with Gasteiger partial charge in [0.15, 0.2) is 0 Å². The lowest BCUT2D eigenvalue weighted by Crippen LogP contribution is -2.23. The molecule has 0 aliphatic carbocycles. The summed E-state index contributed by atoms with van der Waals surface area (Å²) in [6.07, 6.45) is 0. The molecule has 0 saturated heterocycles. The zero-order chi connectivity index (χ0) is 28.5. The maximum absolute atomic E-state index is 2.41. The van der Waals surface area contributed by atoms with Gasteiger partial charge in [-0.1, -0.05) is 171 Å². The molecule has 0 aliphatic heterocycles. The van der Waals surface area contributed by atoms with Gasteiger partial charge in [0, 0.05) is 0 Å². The highest BCUT2D eigenvalue weighted by Gasteiger charge is 2.24. The van der Waals surface area contributed by atoms with Crippen LogP contribution in [-0.4, -0.2) is 0 Å². The molecule has 1 unspecified atom stereocenters. The van der Waals surface area contributed by atoms with Crippen LogP contribution in [-0.2, 0) is 0 Å². The first-order chi connectivity index (χ1) is 20.7. The van der Waals surface area contributed by atoms with E-state index in [-0.39, 0.29) is 0 Å². The van der Waals surface area contributed by atoms with Gasteiger partial charge in [0.25, 0.3) is 0 Å². The van der Waals surface area contributed by atoms with E-state index >= 15 is 0 Å². The highest BCUT2D eigenvalue weighted by atomic mass is 31.1. The molecule has 0 nitrogen and oxygen atoms in total. The first-order valence-corrected chi connectivity index (χ1v) is 16.8. The van der Waals surface area contributed by atoms with Crippen LogP contribution in [0.2, 0.25) is 0 Å². The van der Waals surface area contributed by atoms with E-state index in [2.05, 4.69) is 166 Å². The van der Waals surface area contributed by atoms with Gasteiger partial charge in [-0.05, 0) is 81.0 Å². The Bertz CT molecular complexity index is 1970. The molecular formula is C40H32P2. The Hall–Kier alpha value is -4.08. The van der Waals surface area contributed by atoms with Crippen molar-refractivity contribution in [2.45, 2.75) is 13.8 Å². The van der Waals surface area contributed by atoms with Crippen LogP contribution in [0, 0.1) is 13.8 Å². The molecule has 2 heteroatoms. The Morgan fingerprint density at radius 3 is 1.55 bits per heavy atom. The Balaban J connectivity index is 1.58. The molecule has 1 atom stereocenters. The first kappa shape index (κ1) is 26.8. The van der Waals surface area contributed by atoms with Gasteiger partial charge in [-0.25, -0.2) is 0 Å². The lowest BCUT2D eigenvalue weighted by molar-refractivity contribution is 1.41. The van der Waals surface area contributed by atoms with Gasteiger partial charge in [-0.3, -0.25) is 0 Å². The van der Waals surface area contributed by atoms with Gasteiger partial charge in [0.05, 0.1) is 0 Å². The van der Waals surface area contributed by atoms with E-state index in [9.17, 15) is 0 Å². The molecule has 0 amide bonds. The zero-order valence-electron chi connectivity index (χ0n) is 23.9. The molecule has 42 heavy (non-hydrogen) atoms. The van der Waals surface area contributed by atoms with E-state index in [0.29, 0.717) is 8.58 Å². The summed E-state index contributed by atoms with van der Waals surface area (Å²) in [7, 11) is -0.239. The van der Waals surface area contributed by atoms with E-state index in [1.807, 2.05) is 0 Å². The molecule has 0 heterocycles. The minimum atomic E-state index is -0.798. The highest BCUT2D eigenvalue weighted by Crippen LogP contribution is 2.42. The molecule has 0 aromatic heterocycles. The molecular weight excluding hydrogens is 542 g/mol. The molecule has 7 rings (SSSR count). The molecule has 0 aliphatic rings. The van der Waals surface area contributed by atoms with Gasteiger partial charge in [-0.2, -0.15) is 0 Å². The van der Waals surface area contributed by atoms with Crippen LogP contribution < -0.4 is 26.5 Å². The summed E-state index contributed by atoms with van der Waals surface area (Å²) in [6.45, 7) is 4.41. The first-order valence-electron chi connectivity index (χ1n) is 14.5. The molecule has 0 radical (unpaired) electrons. The quantitative estimate of drug-likeness (QED) is 0.174. The average molecular weight is 575 g/mol. The van der Waals surface area contributed by atoms with Crippen LogP contribution in [0.1, 0.15) is 11.1 Å². The van der Waals surface area contributed by atoms with Crippen molar-refractivity contribution in [3.63, 3.8) is 0 Å². The topological polar surface area (TPSA) is 0 Å². The van der Waals surface area contributed by atoms with Gasteiger partial charge in [-0.15, -0.1) is 0 Å². The molecule has 0 spiro atoms. The summed E-state index contributed by atoms with van der Waals surface area (Å²) >= 11 is 0. The lowest BCUT2D eigenvalue weighted by Gasteiger charge is -2.26. The number of hydrogen-bond acceptors (Lipinski definition) is 0. The van der Waals surface area contributed by atoms with Gasteiger partial charge in [0.2, 0.25) is 0 Å². The Labute approximate surface area is 251 Å². The van der Waals surface area contributed by atoms with Gasteiger partial charge < -0.3 is 0 Å². The number of benzene rings is 7. The number of fused-ring (bicyclic) bond motifs is 2. The van der Waals surface area contributed by atoms with Crippen LogP contribution in [0.5, 0.6) is 0 Å².